The quantitative estimate of drug-likeness (QED) is 0.501. The molecule has 8 heteroatoms. The molecular formula is C23H19N5O3. The molecule has 0 N–H and O–H groups in total. The fourth-order valence-corrected chi connectivity index (χ4v) is 3.86. The van der Waals surface area contributed by atoms with Crippen LogP contribution >= 0.6 is 0 Å². The summed E-state index contributed by atoms with van der Waals surface area (Å²) in [6.45, 7) is 0.302. The molecule has 0 radical (unpaired) electrons. The molecule has 2 aromatic heterocycles. The molecule has 0 bridgehead atoms. The van der Waals surface area contributed by atoms with Crippen LogP contribution < -0.4 is 16.0 Å². The number of nitrogens with zero attached hydrogens (tertiary/aromatic N) is 5. The fourth-order valence-electron chi connectivity index (χ4n) is 3.86. The standard InChI is InChI=1S/C23H19N5O3/c1-31-19-8-4-7-18(11-19)27-21-20(22(29)28(23(27)30)17-9-10-17)26(14-25-21)13-16-6-3-2-5-15(16)12-24/h2-8,11,14,17H,9-10,13H2,1H3. The minimum absolute atomic E-state index is 0.101. The van der Waals surface area contributed by atoms with E-state index < -0.39 is 5.69 Å². The average molecular weight is 413 g/mol. The molecule has 1 fully saturated rings. The molecule has 0 aliphatic heterocycles. The Hall–Kier alpha value is -4.12. The van der Waals surface area contributed by atoms with Crippen molar-refractivity contribution in [2.45, 2.75) is 25.4 Å². The van der Waals surface area contributed by atoms with E-state index in [0.717, 1.165) is 18.4 Å². The van der Waals surface area contributed by atoms with Crippen LogP contribution in [0.25, 0.3) is 16.9 Å². The van der Waals surface area contributed by atoms with Gasteiger partial charge in [0.1, 0.15) is 5.75 Å². The fraction of sp³-hybridized carbons (Fsp3) is 0.217. The van der Waals surface area contributed by atoms with E-state index in [9.17, 15) is 14.9 Å². The molecule has 5 rings (SSSR count). The Morgan fingerprint density at radius 1 is 1.16 bits per heavy atom. The van der Waals surface area contributed by atoms with Gasteiger partial charge in [-0.3, -0.25) is 9.36 Å². The molecule has 0 saturated heterocycles. The van der Waals surface area contributed by atoms with Crippen molar-refractivity contribution in [1.29, 1.82) is 5.26 Å². The summed E-state index contributed by atoms with van der Waals surface area (Å²) in [6, 6.07) is 16.4. The molecule has 2 heterocycles. The Bertz CT molecular complexity index is 1470. The lowest BCUT2D eigenvalue weighted by Gasteiger charge is -2.13. The van der Waals surface area contributed by atoms with Crippen molar-refractivity contribution in [3.8, 4) is 17.5 Å². The number of nitriles is 1. The van der Waals surface area contributed by atoms with Crippen molar-refractivity contribution in [2.75, 3.05) is 7.11 Å². The topological polar surface area (TPSA) is 94.8 Å². The Kier molecular flexibility index (Phi) is 4.44. The summed E-state index contributed by atoms with van der Waals surface area (Å²) in [7, 11) is 1.56. The van der Waals surface area contributed by atoms with E-state index in [2.05, 4.69) is 11.1 Å². The number of aromatic nitrogens is 4. The molecule has 0 amide bonds. The summed E-state index contributed by atoms with van der Waals surface area (Å²) < 4.78 is 9.81. The van der Waals surface area contributed by atoms with Crippen molar-refractivity contribution in [3.05, 3.63) is 86.8 Å². The molecule has 0 atom stereocenters. The van der Waals surface area contributed by atoms with Gasteiger partial charge in [0.05, 0.1) is 37.3 Å². The Balaban J connectivity index is 1.78. The first kappa shape index (κ1) is 18.9. The highest BCUT2D eigenvalue weighted by molar-refractivity contribution is 5.73. The lowest BCUT2D eigenvalue weighted by molar-refractivity contribution is 0.414. The molecule has 4 aromatic rings. The lowest BCUT2D eigenvalue weighted by Crippen LogP contribution is -2.39. The first-order valence-corrected chi connectivity index (χ1v) is 9.97. The molecule has 0 spiro atoms. The predicted molar refractivity (Wildman–Crippen MR) is 115 cm³/mol. The van der Waals surface area contributed by atoms with Crippen LogP contribution in [0.4, 0.5) is 0 Å². The monoisotopic (exact) mass is 413 g/mol. The molecule has 0 unspecified atom stereocenters. The summed E-state index contributed by atoms with van der Waals surface area (Å²) in [4.78, 5) is 31.1. The maximum atomic E-state index is 13.4. The number of fused-ring (bicyclic) bond motifs is 1. The molecule has 154 valence electrons. The Labute approximate surface area is 177 Å². The van der Waals surface area contributed by atoms with Gasteiger partial charge in [0.2, 0.25) is 0 Å². The summed E-state index contributed by atoms with van der Waals surface area (Å²) in [5, 5.41) is 9.42. The van der Waals surface area contributed by atoms with Crippen LogP contribution in [0.1, 0.15) is 30.0 Å². The van der Waals surface area contributed by atoms with Crippen molar-refractivity contribution in [3.63, 3.8) is 0 Å². The van der Waals surface area contributed by atoms with Gasteiger partial charge in [-0.25, -0.2) is 14.3 Å². The van der Waals surface area contributed by atoms with Gasteiger partial charge in [-0.15, -0.1) is 0 Å². The number of methoxy groups -OCH3 is 1. The van der Waals surface area contributed by atoms with E-state index in [4.69, 9.17) is 4.74 Å². The Morgan fingerprint density at radius 3 is 2.71 bits per heavy atom. The molecule has 2 aromatic carbocycles. The molecule has 31 heavy (non-hydrogen) atoms. The highest BCUT2D eigenvalue weighted by atomic mass is 16.5. The van der Waals surface area contributed by atoms with Crippen LogP contribution in [0.3, 0.4) is 0 Å². The third kappa shape index (κ3) is 3.11. The van der Waals surface area contributed by atoms with E-state index in [0.29, 0.717) is 29.1 Å². The largest absolute Gasteiger partial charge is 0.497 e. The minimum atomic E-state index is -0.407. The molecule has 1 aliphatic carbocycles. The van der Waals surface area contributed by atoms with Crippen molar-refractivity contribution >= 4 is 11.2 Å². The number of rotatable bonds is 5. The summed E-state index contributed by atoms with van der Waals surface area (Å²) in [5.41, 5.74) is 1.75. The number of hydrogen-bond donors (Lipinski definition) is 0. The number of hydrogen-bond acceptors (Lipinski definition) is 5. The first-order valence-electron chi connectivity index (χ1n) is 9.97. The average Bonchev–Trinajstić information content (AvgIpc) is 3.54. The molecule has 1 aliphatic rings. The summed E-state index contributed by atoms with van der Waals surface area (Å²) in [5.74, 6) is 0.601. The van der Waals surface area contributed by atoms with E-state index in [-0.39, 0.29) is 17.2 Å². The maximum absolute atomic E-state index is 13.4. The van der Waals surface area contributed by atoms with E-state index in [1.54, 1.807) is 54.4 Å². The second-order valence-corrected chi connectivity index (χ2v) is 7.54. The normalized spacial score (nSPS) is 13.3. The highest BCUT2D eigenvalue weighted by Crippen LogP contribution is 2.33. The van der Waals surface area contributed by atoms with Crippen molar-refractivity contribution in [2.24, 2.45) is 0 Å². The van der Waals surface area contributed by atoms with Gasteiger partial charge in [-0.05, 0) is 36.6 Å². The van der Waals surface area contributed by atoms with Crippen LogP contribution in [0, 0.1) is 11.3 Å². The van der Waals surface area contributed by atoms with Crippen LogP contribution in [-0.4, -0.2) is 25.8 Å². The van der Waals surface area contributed by atoms with E-state index in [1.807, 2.05) is 12.1 Å². The summed E-state index contributed by atoms with van der Waals surface area (Å²) >= 11 is 0. The zero-order valence-corrected chi connectivity index (χ0v) is 16.9. The highest BCUT2D eigenvalue weighted by Gasteiger charge is 2.30. The lowest BCUT2D eigenvalue weighted by atomic mass is 10.1. The van der Waals surface area contributed by atoms with Gasteiger partial charge in [-0.1, -0.05) is 24.3 Å². The third-order valence-electron chi connectivity index (χ3n) is 5.55. The number of ether oxygens (including phenoxy) is 1. The van der Waals surface area contributed by atoms with Gasteiger partial charge >= 0.3 is 5.69 Å². The second kappa shape index (κ2) is 7.29. The van der Waals surface area contributed by atoms with Crippen LogP contribution in [0.5, 0.6) is 5.75 Å². The number of benzene rings is 2. The SMILES string of the molecule is COc1cccc(-n2c(=O)n(C3CC3)c(=O)c3c2ncn3Cc2ccccc2C#N)c1. The van der Waals surface area contributed by atoms with Crippen molar-refractivity contribution < 1.29 is 4.74 Å². The second-order valence-electron chi connectivity index (χ2n) is 7.54. The third-order valence-corrected chi connectivity index (χ3v) is 5.55. The smallest absolute Gasteiger partial charge is 0.337 e. The predicted octanol–water partition coefficient (Wildman–Crippen LogP) is 2.61. The zero-order chi connectivity index (χ0) is 21.5. The number of imidazole rings is 1. The first-order chi connectivity index (χ1) is 15.1. The van der Waals surface area contributed by atoms with Crippen molar-refractivity contribution in [1.82, 2.24) is 18.7 Å². The summed E-state index contributed by atoms with van der Waals surface area (Å²) in [6.07, 6.45) is 3.14. The maximum Gasteiger partial charge on any atom is 0.337 e. The van der Waals surface area contributed by atoms with Crippen LogP contribution in [0.15, 0.2) is 64.4 Å². The van der Waals surface area contributed by atoms with Gasteiger partial charge < -0.3 is 9.30 Å². The Morgan fingerprint density at radius 2 is 1.97 bits per heavy atom. The molecule has 8 nitrogen and oxygen atoms in total. The van der Waals surface area contributed by atoms with E-state index >= 15 is 0 Å². The van der Waals surface area contributed by atoms with Crippen LogP contribution in [0.2, 0.25) is 0 Å². The molecule has 1 saturated carbocycles. The van der Waals surface area contributed by atoms with Gasteiger partial charge in [0.25, 0.3) is 5.56 Å². The van der Waals surface area contributed by atoms with Gasteiger partial charge in [-0.2, -0.15) is 5.26 Å². The zero-order valence-electron chi connectivity index (χ0n) is 16.9. The minimum Gasteiger partial charge on any atom is -0.497 e. The van der Waals surface area contributed by atoms with Crippen LogP contribution in [-0.2, 0) is 6.54 Å². The van der Waals surface area contributed by atoms with Gasteiger partial charge in [0.15, 0.2) is 11.2 Å². The molecular weight excluding hydrogens is 394 g/mol. The van der Waals surface area contributed by atoms with Gasteiger partial charge in [0, 0.05) is 12.1 Å². The van der Waals surface area contributed by atoms with E-state index in [1.165, 1.54) is 9.13 Å².